The third-order valence-electron chi connectivity index (χ3n) is 4.77. The van der Waals surface area contributed by atoms with Crippen LogP contribution in [0.1, 0.15) is 0 Å². The van der Waals surface area contributed by atoms with E-state index >= 15 is 0 Å². The SMILES string of the molecule is Clc1ccnc2c1ccc1cccnc12.c1cnc2c(c1)ccc1cccnc12. The van der Waals surface area contributed by atoms with Crippen LogP contribution in [0.2, 0.25) is 5.02 Å². The summed E-state index contributed by atoms with van der Waals surface area (Å²) in [5, 5.41) is 5.02. The minimum absolute atomic E-state index is 0.715. The summed E-state index contributed by atoms with van der Waals surface area (Å²) >= 11 is 6.09. The average Bonchev–Trinajstić information content (AvgIpc) is 2.79. The molecule has 5 heteroatoms. The number of fused-ring (bicyclic) bond motifs is 6. The van der Waals surface area contributed by atoms with Gasteiger partial charge in [0.1, 0.15) is 0 Å². The van der Waals surface area contributed by atoms with E-state index in [1.54, 1.807) is 30.9 Å². The van der Waals surface area contributed by atoms with E-state index in [0.717, 1.165) is 43.6 Å². The molecule has 4 nitrogen and oxygen atoms in total. The van der Waals surface area contributed by atoms with Crippen LogP contribution in [0.15, 0.2) is 91.5 Å². The Morgan fingerprint density at radius 1 is 0.448 bits per heavy atom. The van der Waals surface area contributed by atoms with Gasteiger partial charge in [0.15, 0.2) is 0 Å². The molecule has 0 fully saturated rings. The molecular weight excluding hydrogens is 380 g/mol. The van der Waals surface area contributed by atoms with Crippen LogP contribution in [-0.4, -0.2) is 19.9 Å². The lowest BCUT2D eigenvalue weighted by atomic mass is 10.1. The summed E-state index contributed by atoms with van der Waals surface area (Å²) in [4.78, 5) is 17.3. The molecule has 0 atom stereocenters. The van der Waals surface area contributed by atoms with Crippen LogP contribution in [0.4, 0.5) is 0 Å². The highest BCUT2D eigenvalue weighted by Gasteiger charge is 2.04. The Kier molecular flexibility index (Phi) is 4.47. The van der Waals surface area contributed by atoms with Crippen LogP contribution in [0.3, 0.4) is 0 Å². The summed E-state index contributed by atoms with van der Waals surface area (Å²) in [7, 11) is 0. The molecule has 0 saturated carbocycles. The Morgan fingerprint density at radius 2 is 0.897 bits per heavy atom. The summed E-state index contributed by atoms with van der Waals surface area (Å²) in [5.41, 5.74) is 3.72. The van der Waals surface area contributed by atoms with E-state index < -0.39 is 0 Å². The van der Waals surface area contributed by atoms with Crippen LogP contribution in [-0.2, 0) is 0 Å². The highest BCUT2D eigenvalue weighted by molar-refractivity contribution is 6.36. The second kappa shape index (κ2) is 7.41. The van der Waals surface area contributed by atoms with E-state index in [4.69, 9.17) is 11.6 Å². The van der Waals surface area contributed by atoms with Gasteiger partial charge < -0.3 is 0 Å². The standard InChI is InChI=1S/C12H7ClN2.C12H8N2/c13-10-5-7-15-12-9(10)4-3-8-2-1-6-14-11(8)12;1-3-9-5-6-10-4-2-8-14-12(10)11(9)13-7-1/h1-7H;1-8H. The molecule has 0 amide bonds. The summed E-state index contributed by atoms with van der Waals surface area (Å²) < 4.78 is 0. The van der Waals surface area contributed by atoms with Gasteiger partial charge in [-0.15, -0.1) is 0 Å². The maximum Gasteiger partial charge on any atom is 0.0979 e. The van der Waals surface area contributed by atoms with E-state index in [1.807, 2.05) is 36.4 Å². The van der Waals surface area contributed by atoms with Gasteiger partial charge in [0.05, 0.1) is 27.1 Å². The van der Waals surface area contributed by atoms with Gasteiger partial charge in [0, 0.05) is 46.3 Å². The third-order valence-corrected chi connectivity index (χ3v) is 5.10. The molecule has 0 aliphatic heterocycles. The monoisotopic (exact) mass is 394 g/mol. The van der Waals surface area contributed by atoms with Crippen LogP contribution in [0, 0.1) is 0 Å². The quantitative estimate of drug-likeness (QED) is 0.287. The van der Waals surface area contributed by atoms with Crippen LogP contribution >= 0.6 is 11.6 Å². The van der Waals surface area contributed by atoms with E-state index in [2.05, 4.69) is 44.2 Å². The van der Waals surface area contributed by atoms with Crippen molar-refractivity contribution in [2.75, 3.05) is 0 Å². The van der Waals surface area contributed by atoms with Crippen molar-refractivity contribution >= 4 is 55.2 Å². The lowest BCUT2D eigenvalue weighted by Gasteiger charge is -2.02. The highest BCUT2D eigenvalue weighted by Crippen LogP contribution is 2.26. The van der Waals surface area contributed by atoms with Crippen molar-refractivity contribution in [3.05, 3.63) is 96.5 Å². The fraction of sp³-hybridized carbons (Fsp3) is 0. The maximum atomic E-state index is 6.09. The molecule has 0 unspecified atom stereocenters. The van der Waals surface area contributed by atoms with Gasteiger partial charge >= 0.3 is 0 Å². The fourth-order valence-corrected chi connectivity index (χ4v) is 3.61. The molecular formula is C24H15ClN4. The number of aromatic nitrogens is 4. The largest absolute Gasteiger partial charge is 0.254 e. The predicted molar refractivity (Wildman–Crippen MR) is 119 cm³/mol. The Hall–Kier alpha value is -3.63. The normalized spacial score (nSPS) is 10.9. The fourth-order valence-electron chi connectivity index (χ4n) is 3.40. The van der Waals surface area contributed by atoms with E-state index in [9.17, 15) is 0 Å². The van der Waals surface area contributed by atoms with Crippen molar-refractivity contribution in [1.29, 1.82) is 0 Å². The first-order valence-electron chi connectivity index (χ1n) is 9.18. The van der Waals surface area contributed by atoms with Gasteiger partial charge in [-0.25, -0.2) is 0 Å². The molecule has 0 N–H and O–H groups in total. The molecule has 4 heterocycles. The molecule has 4 aromatic heterocycles. The minimum atomic E-state index is 0.715. The first-order valence-corrected chi connectivity index (χ1v) is 9.55. The lowest BCUT2D eigenvalue weighted by molar-refractivity contribution is 1.37. The van der Waals surface area contributed by atoms with Crippen molar-refractivity contribution in [2.24, 2.45) is 0 Å². The number of hydrogen-bond donors (Lipinski definition) is 0. The lowest BCUT2D eigenvalue weighted by Crippen LogP contribution is -1.84. The Balaban J connectivity index is 0.000000125. The van der Waals surface area contributed by atoms with Gasteiger partial charge in [-0.2, -0.15) is 0 Å². The number of rotatable bonds is 0. The molecule has 138 valence electrons. The number of benzene rings is 2. The number of halogens is 1. The van der Waals surface area contributed by atoms with E-state index in [-0.39, 0.29) is 0 Å². The maximum absolute atomic E-state index is 6.09. The molecule has 2 aromatic carbocycles. The molecule has 6 aromatic rings. The third kappa shape index (κ3) is 3.24. The molecule has 6 rings (SSSR count). The van der Waals surface area contributed by atoms with Gasteiger partial charge in [0.2, 0.25) is 0 Å². The van der Waals surface area contributed by atoms with Crippen molar-refractivity contribution in [1.82, 2.24) is 19.9 Å². The molecule has 0 bridgehead atoms. The molecule has 0 spiro atoms. The summed E-state index contributed by atoms with van der Waals surface area (Å²) in [6.45, 7) is 0. The van der Waals surface area contributed by atoms with Crippen molar-refractivity contribution < 1.29 is 0 Å². The van der Waals surface area contributed by atoms with E-state index in [0.29, 0.717) is 5.02 Å². The van der Waals surface area contributed by atoms with Gasteiger partial charge in [-0.05, 0) is 24.3 Å². The van der Waals surface area contributed by atoms with Crippen LogP contribution < -0.4 is 0 Å². The Morgan fingerprint density at radius 3 is 1.45 bits per heavy atom. The van der Waals surface area contributed by atoms with E-state index in [1.165, 1.54) is 0 Å². The highest BCUT2D eigenvalue weighted by atomic mass is 35.5. The summed E-state index contributed by atoms with van der Waals surface area (Å²) in [5.74, 6) is 0. The zero-order valence-electron chi connectivity index (χ0n) is 15.3. The second-order valence-electron chi connectivity index (χ2n) is 6.55. The molecule has 0 aliphatic rings. The summed E-state index contributed by atoms with van der Waals surface area (Å²) in [6, 6.07) is 21.9. The van der Waals surface area contributed by atoms with Crippen LogP contribution in [0.5, 0.6) is 0 Å². The van der Waals surface area contributed by atoms with Crippen molar-refractivity contribution in [2.45, 2.75) is 0 Å². The molecule has 0 aliphatic carbocycles. The zero-order chi connectivity index (χ0) is 19.6. The van der Waals surface area contributed by atoms with Gasteiger partial charge in [0.25, 0.3) is 0 Å². The molecule has 0 radical (unpaired) electrons. The van der Waals surface area contributed by atoms with Crippen molar-refractivity contribution in [3.63, 3.8) is 0 Å². The Bertz CT molecular complexity index is 1430. The van der Waals surface area contributed by atoms with Crippen LogP contribution in [0.25, 0.3) is 43.6 Å². The predicted octanol–water partition coefficient (Wildman–Crippen LogP) is 6.22. The average molecular weight is 395 g/mol. The molecule has 0 saturated heterocycles. The number of nitrogens with zero attached hydrogens (tertiary/aromatic N) is 4. The zero-order valence-corrected chi connectivity index (χ0v) is 16.1. The second-order valence-corrected chi connectivity index (χ2v) is 6.95. The molecule has 29 heavy (non-hydrogen) atoms. The first-order chi connectivity index (χ1) is 14.3. The minimum Gasteiger partial charge on any atom is -0.254 e. The Labute approximate surface area is 171 Å². The topological polar surface area (TPSA) is 51.6 Å². The first kappa shape index (κ1) is 17.5. The van der Waals surface area contributed by atoms with Gasteiger partial charge in [-0.1, -0.05) is 54.1 Å². The number of hydrogen-bond acceptors (Lipinski definition) is 4. The number of pyridine rings is 4. The van der Waals surface area contributed by atoms with Crippen molar-refractivity contribution in [3.8, 4) is 0 Å². The smallest absolute Gasteiger partial charge is 0.0979 e. The van der Waals surface area contributed by atoms with Gasteiger partial charge in [-0.3, -0.25) is 19.9 Å². The summed E-state index contributed by atoms with van der Waals surface area (Å²) in [6.07, 6.45) is 7.08.